The Hall–Kier alpha value is -0.760. The van der Waals surface area contributed by atoms with Gasteiger partial charge in [0, 0.05) is 0 Å². The van der Waals surface area contributed by atoms with E-state index in [1.54, 1.807) is 0 Å². The van der Waals surface area contributed by atoms with Crippen LogP contribution in [0.5, 0.6) is 0 Å². The van der Waals surface area contributed by atoms with Crippen LogP contribution >= 0.6 is 12.4 Å². The summed E-state index contributed by atoms with van der Waals surface area (Å²) in [5, 5.41) is 11.6. The molecule has 4 rings (SSSR count). The number of hydrogen-bond acceptors (Lipinski definition) is 10. The predicted molar refractivity (Wildman–Crippen MR) is 109 cm³/mol. The summed E-state index contributed by atoms with van der Waals surface area (Å²) in [7, 11) is 1.31. The van der Waals surface area contributed by atoms with Gasteiger partial charge in [-0.3, -0.25) is 5.32 Å². The number of ether oxygens (including phenoxy) is 7. The summed E-state index contributed by atoms with van der Waals surface area (Å²) in [6.07, 6.45) is -2.08. The first-order chi connectivity index (χ1) is 14.0. The van der Waals surface area contributed by atoms with Crippen LogP contribution in [-0.4, -0.2) is 85.6 Å². The second-order valence-electron chi connectivity index (χ2n) is 8.59. The number of carbonyl (C=O) groups is 1. The van der Waals surface area contributed by atoms with Gasteiger partial charge in [0.15, 0.2) is 17.8 Å². The highest BCUT2D eigenvalue weighted by molar-refractivity contribution is 5.85. The minimum atomic E-state index is -0.636. The van der Waals surface area contributed by atoms with Crippen molar-refractivity contribution in [1.82, 2.24) is 5.32 Å². The number of hydrogen-bond donors (Lipinski definition) is 3. The molecule has 8 atom stereocenters. The van der Waals surface area contributed by atoms with Crippen LogP contribution in [0.3, 0.4) is 0 Å². The molecule has 4 N–H and O–H groups in total. The van der Waals surface area contributed by atoms with Gasteiger partial charge in [0.05, 0.1) is 19.8 Å². The Morgan fingerprint density at radius 1 is 0.968 bits per heavy atom. The zero-order chi connectivity index (χ0) is 22.3. The average Bonchev–Trinajstić information content (AvgIpc) is 3.34. The van der Waals surface area contributed by atoms with Gasteiger partial charge in [-0.05, 0) is 34.1 Å². The zero-order valence-corrected chi connectivity index (χ0v) is 19.5. The molecule has 4 heterocycles. The fourth-order valence-corrected chi connectivity index (χ4v) is 4.16. The van der Waals surface area contributed by atoms with Crippen molar-refractivity contribution in [3.63, 3.8) is 0 Å². The van der Waals surface area contributed by atoms with E-state index in [-0.39, 0.29) is 55.6 Å². The van der Waals surface area contributed by atoms with E-state index in [2.05, 4.69) is 10.1 Å². The summed E-state index contributed by atoms with van der Waals surface area (Å²) in [5.41, 5.74) is 5.67. The first-order valence-corrected chi connectivity index (χ1v) is 10.2. The molecule has 4 fully saturated rings. The Balaban J connectivity index is 0.000000220. The second-order valence-corrected chi connectivity index (χ2v) is 8.59. The number of alkyl carbamates (subject to hydrolysis) is 1. The minimum absolute atomic E-state index is 0. The van der Waals surface area contributed by atoms with E-state index >= 15 is 0 Å². The first-order valence-electron chi connectivity index (χ1n) is 10.2. The Labute approximate surface area is 188 Å². The standard InChI is InChI=1S/C11H19NO5.C8H15NO4.ClH/c1-5-6-7-8(17-11(2,3)16-7)9(15-6)12-10(13)14-4;1-8(2)12-5-4(3-10)11-7(9)6(5)13-8;/h6-9H,5H2,1-4H3,(H,12,13);4-7,10H,3,9H2,1-2H3;1H/t6-,7-,8-,9-;4-,5-,6-,7-;/m11./s1. The summed E-state index contributed by atoms with van der Waals surface area (Å²) in [6, 6.07) is 0. The van der Waals surface area contributed by atoms with Gasteiger partial charge in [-0.1, -0.05) is 6.92 Å². The lowest BCUT2D eigenvalue weighted by atomic mass is 10.1. The molecule has 0 aromatic heterocycles. The Kier molecular flexibility index (Phi) is 8.56. The molecule has 0 saturated carbocycles. The number of fused-ring (bicyclic) bond motifs is 2. The largest absolute Gasteiger partial charge is 0.453 e. The van der Waals surface area contributed by atoms with Gasteiger partial charge in [-0.25, -0.2) is 4.79 Å². The number of carbonyl (C=O) groups excluding carboxylic acids is 1. The summed E-state index contributed by atoms with van der Waals surface area (Å²) in [4.78, 5) is 11.2. The molecule has 11 nitrogen and oxygen atoms in total. The SMILES string of the molecule is CC1(C)O[C@@H]2[C@H](O1)[C@@H](CO)O[C@H]2N.CC[C@H]1O[C@@H](NC(=O)OC)[C@@H]2OC(C)(C)O[C@@H]21.Cl. The molecule has 0 aliphatic carbocycles. The van der Waals surface area contributed by atoms with Gasteiger partial charge in [0.1, 0.15) is 36.7 Å². The molecule has 12 heteroatoms. The number of rotatable bonds is 3. The van der Waals surface area contributed by atoms with Crippen LogP contribution in [0.4, 0.5) is 4.79 Å². The second kappa shape index (κ2) is 10.0. The third kappa shape index (κ3) is 5.79. The Bertz CT molecular complexity index is 623. The van der Waals surface area contributed by atoms with Crippen molar-refractivity contribution in [3.05, 3.63) is 0 Å². The van der Waals surface area contributed by atoms with Crippen molar-refractivity contribution in [2.75, 3.05) is 13.7 Å². The monoisotopic (exact) mass is 470 g/mol. The van der Waals surface area contributed by atoms with Crippen molar-refractivity contribution < 1.29 is 43.1 Å². The lowest BCUT2D eigenvalue weighted by molar-refractivity contribution is -0.189. The van der Waals surface area contributed by atoms with Gasteiger partial charge in [0.2, 0.25) is 0 Å². The number of aliphatic hydroxyl groups is 1. The molecule has 0 bridgehead atoms. The maximum atomic E-state index is 11.2. The Morgan fingerprint density at radius 2 is 1.48 bits per heavy atom. The van der Waals surface area contributed by atoms with Gasteiger partial charge < -0.3 is 44.0 Å². The van der Waals surface area contributed by atoms with Crippen molar-refractivity contribution in [2.24, 2.45) is 5.73 Å². The third-order valence-electron chi connectivity index (χ3n) is 5.36. The van der Waals surface area contributed by atoms with Gasteiger partial charge in [-0.2, -0.15) is 0 Å². The summed E-state index contributed by atoms with van der Waals surface area (Å²) in [6.45, 7) is 9.28. The number of methoxy groups -OCH3 is 1. The molecule has 182 valence electrons. The van der Waals surface area contributed by atoms with E-state index in [0.717, 1.165) is 6.42 Å². The Morgan fingerprint density at radius 3 is 2.00 bits per heavy atom. The van der Waals surface area contributed by atoms with Gasteiger partial charge >= 0.3 is 6.09 Å². The van der Waals surface area contributed by atoms with Crippen LogP contribution in [0.15, 0.2) is 0 Å². The molecule has 0 radical (unpaired) electrons. The van der Waals surface area contributed by atoms with E-state index in [0.29, 0.717) is 0 Å². The van der Waals surface area contributed by atoms with E-state index < -0.39 is 30.1 Å². The van der Waals surface area contributed by atoms with Crippen molar-refractivity contribution >= 4 is 18.5 Å². The molecule has 0 spiro atoms. The predicted octanol–water partition coefficient (Wildman–Crippen LogP) is 0.602. The number of aliphatic hydroxyl groups excluding tert-OH is 1. The van der Waals surface area contributed by atoms with Crippen molar-refractivity contribution in [1.29, 1.82) is 0 Å². The fraction of sp³-hybridized carbons (Fsp3) is 0.947. The van der Waals surface area contributed by atoms with E-state index in [1.807, 2.05) is 34.6 Å². The molecular weight excluding hydrogens is 436 g/mol. The number of amides is 1. The third-order valence-corrected chi connectivity index (χ3v) is 5.36. The molecule has 0 aromatic carbocycles. The average molecular weight is 471 g/mol. The molecule has 0 unspecified atom stereocenters. The quantitative estimate of drug-likeness (QED) is 0.537. The fourth-order valence-electron chi connectivity index (χ4n) is 4.16. The van der Waals surface area contributed by atoms with Crippen LogP contribution in [-0.2, 0) is 33.2 Å². The molecular formula is C19H35ClN2O9. The van der Waals surface area contributed by atoms with Crippen LogP contribution < -0.4 is 11.1 Å². The highest BCUT2D eigenvalue weighted by Crippen LogP contribution is 2.39. The van der Waals surface area contributed by atoms with Crippen LogP contribution in [0.25, 0.3) is 0 Å². The van der Waals surface area contributed by atoms with E-state index in [9.17, 15) is 4.79 Å². The molecule has 4 aliphatic rings. The summed E-state index contributed by atoms with van der Waals surface area (Å²) < 4.78 is 38.1. The van der Waals surface area contributed by atoms with Gasteiger partial charge in [0.25, 0.3) is 0 Å². The highest BCUT2D eigenvalue weighted by atomic mass is 35.5. The maximum Gasteiger partial charge on any atom is 0.408 e. The lowest BCUT2D eigenvalue weighted by Crippen LogP contribution is -2.43. The normalized spacial score (nSPS) is 41.4. The molecule has 1 amide bonds. The van der Waals surface area contributed by atoms with Crippen molar-refractivity contribution in [2.45, 2.75) is 102 Å². The maximum absolute atomic E-state index is 11.2. The number of nitrogens with two attached hydrogens (primary N) is 1. The smallest absolute Gasteiger partial charge is 0.408 e. The minimum Gasteiger partial charge on any atom is -0.453 e. The molecule has 0 aromatic rings. The zero-order valence-electron chi connectivity index (χ0n) is 18.7. The summed E-state index contributed by atoms with van der Waals surface area (Å²) >= 11 is 0. The lowest BCUT2D eigenvalue weighted by Gasteiger charge is -2.23. The van der Waals surface area contributed by atoms with Crippen LogP contribution in [0, 0.1) is 0 Å². The first kappa shape index (κ1) is 26.5. The highest BCUT2D eigenvalue weighted by Gasteiger charge is 2.55. The topological polar surface area (TPSA) is 140 Å². The van der Waals surface area contributed by atoms with Gasteiger partial charge in [-0.15, -0.1) is 12.4 Å². The number of halogens is 1. The van der Waals surface area contributed by atoms with E-state index in [1.165, 1.54) is 7.11 Å². The molecule has 31 heavy (non-hydrogen) atoms. The number of nitrogens with one attached hydrogen (secondary N) is 1. The molecule has 4 saturated heterocycles. The van der Waals surface area contributed by atoms with Crippen LogP contribution in [0.1, 0.15) is 41.0 Å². The van der Waals surface area contributed by atoms with Crippen molar-refractivity contribution in [3.8, 4) is 0 Å². The molecule has 4 aliphatic heterocycles. The van der Waals surface area contributed by atoms with Crippen LogP contribution in [0.2, 0.25) is 0 Å². The van der Waals surface area contributed by atoms with E-state index in [4.69, 9.17) is 39.3 Å². The summed E-state index contributed by atoms with van der Waals surface area (Å²) in [5.74, 6) is -1.26.